The molecule has 0 aromatic heterocycles. The number of likely N-dealkylation sites (tertiary alicyclic amines) is 1. The molecule has 2 heteroatoms. The topological polar surface area (TPSA) is 29.3 Å². The summed E-state index contributed by atoms with van der Waals surface area (Å²) in [7, 11) is 0. The van der Waals surface area contributed by atoms with Gasteiger partial charge in [0.15, 0.2) is 0 Å². The Labute approximate surface area is 82.5 Å². The molecule has 2 N–H and O–H groups in total. The third-order valence-electron chi connectivity index (χ3n) is 3.23. The number of piperidine rings is 1. The van der Waals surface area contributed by atoms with E-state index in [2.05, 4.69) is 25.7 Å². The summed E-state index contributed by atoms with van der Waals surface area (Å²) in [4.78, 5) is 2.53. The second kappa shape index (κ2) is 4.97. The molecule has 2 unspecified atom stereocenters. The molecule has 1 fully saturated rings. The van der Waals surface area contributed by atoms with E-state index in [1.807, 2.05) is 0 Å². The molecule has 1 rings (SSSR count). The van der Waals surface area contributed by atoms with Crippen LogP contribution in [0.15, 0.2) is 0 Å². The Morgan fingerprint density at radius 2 is 2.08 bits per heavy atom. The van der Waals surface area contributed by atoms with Gasteiger partial charge in [-0.1, -0.05) is 20.8 Å². The van der Waals surface area contributed by atoms with Crippen molar-refractivity contribution in [2.24, 2.45) is 17.6 Å². The first-order chi connectivity index (χ1) is 6.09. The lowest BCUT2D eigenvalue weighted by atomic mass is 9.96. The lowest BCUT2D eigenvalue weighted by molar-refractivity contribution is 0.168. The molecule has 13 heavy (non-hydrogen) atoms. The van der Waals surface area contributed by atoms with Gasteiger partial charge in [0, 0.05) is 19.1 Å². The summed E-state index contributed by atoms with van der Waals surface area (Å²) in [6.45, 7) is 10.5. The Bertz CT molecular complexity index is 145. The molecule has 0 saturated carbocycles. The van der Waals surface area contributed by atoms with Crippen LogP contribution in [-0.2, 0) is 0 Å². The zero-order chi connectivity index (χ0) is 9.84. The van der Waals surface area contributed by atoms with Gasteiger partial charge in [0.25, 0.3) is 0 Å². The molecule has 1 heterocycles. The zero-order valence-electron chi connectivity index (χ0n) is 9.29. The van der Waals surface area contributed by atoms with Crippen molar-refractivity contribution in [3.63, 3.8) is 0 Å². The normalized spacial score (nSPS) is 27.9. The fraction of sp³-hybridized carbons (Fsp3) is 1.00. The van der Waals surface area contributed by atoms with Crippen molar-refractivity contribution in [1.82, 2.24) is 4.90 Å². The highest BCUT2D eigenvalue weighted by atomic mass is 15.1. The summed E-state index contributed by atoms with van der Waals surface area (Å²) < 4.78 is 0. The molecule has 1 aliphatic rings. The fourth-order valence-electron chi connectivity index (χ4n) is 1.88. The van der Waals surface area contributed by atoms with E-state index < -0.39 is 0 Å². The van der Waals surface area contributed by atoms with E-state index >= 15 is 0 Å². The first-order valence-corrected chi connectivity index (χ1v) is 5.57. The molecule has 1 saturated heterocycles. The van der Waals surface area contributed by atoms with E-state index in [0.717, 1.165) is 18.4 Å². The minimum absolute atomic E-state index is 0.424. The lowest BCUT2D eigenvalue weighted by Gasteiger charge is -2.33. The summed E-state index contributed by atoms with van der Waals surface area (Å²) in [5.41, 5.74) is 5.94. The summed E-state index contributed by atoms with van der Waals surface area (Å²) in [5, 5.41) is 0. The van der Waals surface area contributed by atoms with Crippen LogP contribution in [0.25, 0.3) is 0 Å². The summed E-state index contributed by atoms with van der Waals surface area (Å²) in [6.07, 6.45) is 2.50. The number of hydrogen-bond donors (Lipinski definition) is 1. The Kier molecular flexibility index (Phi) is 4.20. The summed E-state index contributed by atoms with van der Waals surface area (Å²) >= 11 is 0. The third kappa shape index (κ3) is 3.65. The number of hydrogen-bond acceptors (Lipinski definition) is 2. The minimum Gasteiger partial charge on any atom is -0.327 e. The van der Waals surface area contributed by atoms with Gasteiger partial charge in [-0.3, -0.25) is 0 Å². The van der Waals surface area contributed by atoms with Crippen LogP contribution < -0.4 is 5.73 Å². The average Bonchev–Trinajstić information content (AvgIpc) is 2.04. The molecule has 2 atom stereocenters. The average molecular weight is 184 g/mol. The second-order valence-electron chi connectivity index (χ2n) is 4.88. The maximum absolute atomic E-state index is 5.94. The van der Waals surface area contributed by atoms with Gasteiger partial charge in [-0.2, -0.15) is 0 Å². The number of nitrogens with two attached hydrogens (primary N) is 1. The Morgan fingerprint density at radius 1 is 1.38 bits per heavy atom. The molecule has 0 aromatic carbocycles. The van der Waals surface area contributed by atoms with Crippen LogP contribution in [0.1, 0.15) is 33.6 Å². The van der Waals surface area contributed by atoms with Gasteiger partial charge in [0.1, 0.15) is 0 Å². The minimum atomic E-state index is 0.424. The smallest absolute Gasteiger partial charge is 0.0168 e. The molecule has 0 aromatic rings. The first kappa shape index (κ1) is 11.0. The van der Waals surface area contributed by atoms with Crippen molar-refractivity contribution < 1.29 is 0 Å². The Morgan fingerprint density at radius 3 is 2.62 bits per heavy atom. The van der Waals surface area contributed by atoms with E-state index in [9.17, 15) is 0 Å². The van der Waals surface area contributed by atoms with Crippen LogP contribution in [-0.4, -0.2) is 30.6 Å². The van der Waals surface area contributed by atoms with Crippen LogP contribution >= 0.6 is 0 Å². The van der Waals surface area contributed by atoms with E-state index in [4.69, 9.17) is 5.73 Å². The van der Waals surface area contributed by atoms with Gasteiger partial charge in [-0.05, 0) is 31.2 Å². The van der Waals surface area contributed by atoms with E-state index in [1.54, 1.807) is 0 Å². The van der Waals surface area contributed by atoms with E-state index in [1.165, 1.54) is 25.9 Å². The monoisotopic (exact) mass is 184 g/mol. The largest absolute Gasteiger partial charge is 0.327 e. The van der Waals surface area contributed by atoms with Crippen LogP contribution in [0.5, 0.6) is 0 Å². The molecule has 2 nitrogen and oxygen atoms in total. The van der Waals surface area contributed by atoms with Crippen LogP contribution in [0, 0.1) is 11.8 Å². The number of rotatable bonds is 3. The second-order valence-corrected chi connectivity index (χ2v) is 4.88. The maximum Gasteiger partial charge on any atom is 0.0168 e. The summed E-state index contributed by atoms with van der Waals surface area (Å²) in [5.74, 6) is 1.59. The molecular formula is C11H24N2. The van der Waals surface area contributed by atoms with Crippen molar-refractivity contribution >= 4 is 0 Å². The molecular weight excluding hydrogens is 160 g/mol. The molecule has 0 aliphatic carbocycles. The van der Waals surface area contributed by atoms with Crippen molar-refractivity contribution in [3.8, 4) is 0 Å². The standard InChI is InChI=1S/C11H24N2/c1-9(2)10(3)7-13-6-4-5-11(12)8-13/h9-11H,4-8,12H2,1-3H3. The van der Waals surface area contributed by atoms with Crippen LogP contribution in [0.3, 0.4) is 0 Å². The number of nitrogens with zero attached hydrogens (tertiary/aromatic N) is 1. The fourth-order valence-corrected chi connectivity index (χ4v) is 1.88. The highest BCUT2D eigenvalue weighted by Crippen LogP contribution is 2.15. The Hall–Kier alpha value is -0.0800. The highest BCUT2D eigenvalue weighted by Gasteiger charge is 2.19. The van der Waals surface area contributed by atoms with Gasteiger partial charge in [0.05, 0.1) is 0 Å². The predicted octanol–water partition coefficient (Wildman–Crippen LogP) is 1.70. The van der Waals surface area contributed by atoms with Crippen molar-refractivity contribution in [2.75, 3.05) is 19.6 Å². The molecule has 0 radical (unpaired) electrons. The van der Waals surface area contributed by atoms with Gasteiger partial charge in [-0.25, -0.2) is 0 Å². The molecule has 0 bridgehead atoms. The lowest BCUT2D eigenvalue weighted by Crippen LogP contribution is -2.44. The van der Waals surface area contributed by atoms with Crippen LogP contribution in [0.4, 0.5) is 0 Å². The maximum atomic E-state index is 5.94. The predicted molar refractivity (Wildman–Crippen MR) is 57.7 cm³/mol. The molecule has 78 valence electrons. The first-order valence-electron chi connectivity index (χ1n) is 5.57. The van der Waals surface area contributed by atoms with Gasteiger partial charge in [-0.15, -0.1) is 0 Å². The Balaban J connectivity index is 2.27. The quantitative estimate of drug-likeness (QED) is 0.723. The van der Waals surface area contributed by atoms with Gasteiger partial charge >= 0.3 is 0 Å². The highest BCUT2D eigenvalue weighted by molar-refractivity contribution is 4.76. The van der Waals surface area contributed by atoms with E-state index in [-0.39, 0.29) is 0 Å². The van der Waals surface area contributed by atoms with Crippen LogP contribution in [0.2, 0.25) is 0 Å². The van der Waals surface area contributed by atoms with Crippen molar-refractivity contribution in [2.45, 2.75) is 39.7 Å². The third-order valence-corrected chi connectivity index (χ3v) is 3.23. The van der Waals surface area contributed by atoms with Crippen molar-refractivity contribution in [3.05, 3.63) is 0 Å². The van der Waals surface area contributed by atoms with Gasteiger partial charge < -0.3 is 10.6 Å². The molecule has 0 spiro atoms. The molecule has 0 amide bonds. The zero-order valence-corrected chi connectivity index (χ0v) is 9.29. The SMILES string of the molecule is CC(C)C(C)CN1CCCC(N)C1. The van der Waals surface area contributed by atoms with Gasteiger partial charge in [0.2, 0.25) is 0 Å². The van der Waals surface area contributed by atoms with E-state index in [0.29, 0.717) is 6.04 Å². The summed E-state index contributed by atoms with van der Waals surface area (Å²) in [6, 6.07) is 0.424. The molecule has 1 aliphatic heterocycles. The van der Waals surface area contributed by atoms with Crippen molar-refractivity contribution in [1.29, 1.82) is 0 Å².